The van der Waals surface area contributed by atoms with Crippen molar-refractivity contribution in [3.63, 3.8) is 0 Å². The Morgan fingerprint density at radius 3 is 2.27 bits per heavy atom. The summed E-state index contributed by atoms with van der Waals surface area (Å²) >= 11 is 0. The molecule has 0 radical (unpaired) electrons. The molecule has 2 rings (SSSR count). The van der Waals surface area contributed by atoms with Crippen LogP contribution in [0.2, 0.25) is 17.1 Å². The molecule has 0 fully saturated rings. The molecule has 1 aromatic carbocycles. The fourth-order valence-electron chi connectivity index (χ4n) is 4.17. The number of benzene rings is 1. The Morgan fingerprint density at radius 2 is 1.77 bits per heavy atom. The van der Waals surface area contributed by atoms with E-state index in [1.54, 1.807) is 6.08 Å². The van der Waals surface area contributed by atoms with Gasteiger partial charge < -0.3 is 9.90 Å². The lowest BCUT2D eigenvalue weighted by Gasteiger charge is -2.36. The van der Waals surface area contributed by atoms with E-state index in [0.717, 1.165) is 11.1 Å². The zero-order valence-corrected chi connectivity index (χ0v) is 17.4. The van der Waals surface area contributed by atoms with Gasteiger partial charge in [-0.15, -0.1) is 6.58 Å². The highest BCUT2D eigenvalue weighted by Gasteiger charge is 2.45. The second-order valence-electron chi connectivity index (χ2n) is 8.07. The second-order valence-corrected chi connectivity index (χ2v) is 12.8. The van der Waals surface area contributed by atoms with Gasteiger partial charge in [0.25, 0.3) is 0 Å². The number of ketones is 1. The van der Waals surface area contributed by atoms with Crippen LogP contribution in [0.25, 0.3) is 5.57 Å². The van der Waals surface area contributed by atoms with Gasteiger partial charge in [0.1, 0.15) is 0 Å². The first-order chi connectivity index (χ1) is 12.2. The second kappa shape index (κ2) is 8.46. The quantitative estimate of drug-likeness (QED) is 0.512. The van der Waals surface area contributed by atoms with Crippen molar-refractivity contribution in [3.8, 4) is 0 Å². The molecule has 0 heterocycles. The first kappa shape index (κ1) is 20.8. The fourth-order valence-corrected chi connectivity index (χ4v) is 7.60. The van der Waals surface area contributed by atoms with Crippen molar-refractivity contribution in [2.75, 3.05) is 0 Å². The van der Waals surface area contributed by atoms with Crippen molar-refractivity contribution in [1.29, 1.82) is 0 Å². The van der Waals surface area contributed by atoms with E-state index >= 15 is 0 Å². The zero-order chi connectivity index (χ0) is 19.5. The van der Waals surface area contributed by atoms with Crippen molar-refractivity contribution in [1.82, 2.24) is 0 Å². The Morgan fingerprint density at radius 1 is 1.19 bits per heavy atom. The van der Waals surface area contributed by atoms with Gasteiger partial charge in [0, 0.05) is 12.0 Å². The minimum Gasteiger partial charge on any atom is -0.431 e. The predicted octanol–water partition coefficient (Wildman–Crippen LogP) is 4.72. The number of allylic oxidation sites excluding steroid dienone is 1. The molecule has 0 spiro atoms. The van der Waals surface area contributed by atoms with Gasteiger partial charge in [0.15, 0.2) is 14.1 Å². The molecular formula is C22H32O3Si. The summed E-state index contributed by atoms with van der Waals surface area (Å²) in [6, 6.07) is 10.2. The first-order valence-corrected chi connectivity index (χ1v) is 11.9. The van der Waals surface area contributed by atoms with Crippen molar-refractivity contribution >= 4 is 19.7 Å². The third-order valence-electron chi connectivity index (χ3n) is 5.82. The molecule has 0 bridgehead atoms. The standard InChI is InChI=1S/C22H32O3Si/c1-6-10-19(23)22-18(14-26(25,15(2)3)16(4)5)13-20(24)21(22)17-11-8-7-9-12-17/h6-9,11-12,15-16,18-19,23,25H,1,10,13-14H2,2-5H3/t18?,19-/m0/s1. The lowest BCUT2D eigenvalue weighted by Crippen LogP contribution is -2.43. The van der Waals surface area contributed by atoms with Crippen LogP contribution in [-0.2, 0) is 4.79 Å². The topological polar surface area (TPSA) is 57.5 Å². The van der Waals surface area contributed by atoms with Gasteiger partial charge in [-0.3, -0.25) is 4.79 Å². The maximum absolute atomic E-state index is 12.9. The normalized spacial score (nSPS) is 19.5. The summed E-state index contributed by atoms with van der Waals surface area (Å²) in [7, 11) is -2.56. The number of hydrogen-bond acceptors (Lipinski definition) is 3. The first-order valence-electron chi connectivity index (χ1n) is 9.56. The van der Waals surface area contributed by atoms with Gasteiger partial charge in [-0.2, -0.15) is 0 Å². The number of aliphatic hydroxyl groups is 1. The Bertz CT molecular complexity index is 668. The van der Waals surface area contributed by atoms with Gasteiger partial charge in [-0.1, -0.05) is 64.1 Å². The zero-order valence-electron chi connectivity index (χ0n) is 16.4. The summed E-state index contributed by atoms with van der Waals surface area (Å²) in [6.45, 7) is 12.0. The van der Waals surface area contributed by atoms with Crippen LogP contribution in [0.4, 0.5) is 0 Å². The van der Waals surface area contributed by atoms with Gasteiger partial charge in [-0.25, -0.2) is 0 Å². The average molecular weight is 373 g/mol. The minimum absolute atomic E-state index is 0.0724. The van der Waals surface area contributed by atoms with E-state index in [9.17, 15) is 14.7 Å². The minimum atomic E-state index is -2.56. The molecule has 4 heteroatoms. The lowest BCUT2D eigenvalue weighted by atomic mass is 9.92. The van der Waals surface area contributed by atoms with Gasteiger partial charge in [0.05, 0.1) is 6.10 Å². The molecule has 1 aromatic rings. The summed E-state index contributed by atoms with van der Waals surface area (Å²) in [5, 5.41) is 10.8. The van der Waals surface area contributed by atoms with E-state index in [4.69, 9.17) is 0 Å². The van der Waals surface area contributed by atoms with Crippen LogP contribution in [0.3, 0.4) is 0 Å². The van der Waals surface area contributed by atoms with Crippen LogP contribution < -0.4 is 0 Å². The molecule has 26 heavy (non-hydrogen) atoms. The molecule has 0 saturated carbocycles. The van der Waals surface area contributed by atoms with Crippen molar-refractivity contribution in [2.45, 2.75) is 63.8 Å². The average Bonchev–Trinajstić information content (AvgIpc) is 2.91. The predicted molar refractivity (Wildman–Crippen MR) is 110 cm³/mol. The molecule has 1 aliphatic rings. The molecule has 0 saturated heterocycles. The Hall–Kier alpha value is -1.49. The number of carbonyl (C=O) groups excluding carboxylic acids is 1. The number of aliphatic hydroxyl groups excluding tert-OH is 1. The third kappa shape index (κ3) is 4.08. The molecule has 2 atom stereocenters. The molecule has 2 N–H and O–H groups in total. The van der Waals surface area contributed by atoms with E-state index in [2.05, 4.69) is 34.3 Å². The molecule has 3 nitrogen and oxygen atoms in total. The van der Waals surface area contributed by atoms with Crippen LogP contribution in [0, 0.1) is 5.92 Å². The molecule has 1 aliphatic carbocycles. The summed E-state index contributed by atoms with van der Waals surface area (Å²) in [4.78, 5) is 24.3. The maximum atomic E-state index is 12.9. The summed E-state index contributed by atoms with van der Waals surface area (Å²) in [5.41, 5.74) is 2.71. The van der Waals surface area contributed by atoms with E-state index in [-0.39, 0.29) is 22.8 Å². The van der Waals surface area contributed by atoms with Crippen molar-refractivity contribution in [3.05, 3.63) is 54.1 Å². The highest BCUT2D eigenvalue weighted by atomic mass is 28.4. The van der Waals surface area contributed by atoms with Crippen LogP contribution >= 0.6 is 0 Å². The summed E-state index contributed by atoms with van der Waals surface area (Å²) < 4.78 is 0. The van der Waals surface area contributed by atoms with Gasteiger partial charge >= 0.3 is 0 Å². The lowest BCUT2D eigenvalue weighted by molar-refractivity contribution is -0.113. The van der Waals surface area contributed by atoms with Crippen LogP contribution in [-0.4, -0.2) is 30.1 Å². The smallest absolute Gasteiger partial charge is 0.194 e. The molecule has 0 aliphatic heterocycles. The Labute approximate surface area is 158 Å². The molecule has 0 amide bonds. The Balaban J connectivity index is 2.51. The number of carbonyl (C=O) groups is 1. The number of Topliss-reactive ketones (excluding diaryl/α,β-unsaturated/α-hetero) is 1. The van der Waals surface area contributed by atoms with Crippen LogP contribution in [0.15, 0.2) is 48.6 Å². The third-order valence-corrected chi connectivity index (χ3v) is 11.0. The highest BCUT2D eigenvalue weighted by molar-refractivity contribution is 6.75. The van der Waals surface area contributed by atoms with E-state index in [1.807, 2.05) is 30.3 Å². The van der Waals surface area contributed by atoms with Crippen LogP contribution in [0.5, 0.6) is 0 Å². The van der Waals surface area contributed by atoms with Gasteiger partial charge in [0.2, 0.25) is 0 Å². The number of hydrogen-bond donors (Lipinski definition) is 2. The largest absolute Gasteiger partial charge is 0.431 e. The SMILES string of the molecule is C=CC[C@H](O)C1=C(c2ccccc2)C(=O)CC1C[Si](O)(C(C)C)C(C)C. The van der Waals surface area contributed by atoms with E-state index < -0.39 is 14.4 Å². The molecule has 142 valence electrons. The summed E-state index contributed by atoms with van der Waals surface area (Å²) in [5.74, 6) is -0.0164. The van der Waals surface area contributed by atoms with Crippen LogP contribution in [0.1, 0.15) is 46.1 Å². The Kier molecular flexibility index (Phi) is 6.78. The highest BCUT2D eigenvalue weighted by Crippen LogP contribution is 2.45. The van der Waals surface area contributed by atoms with Crippen molar-refractivity contribution in [2.24, 2.45) is 5.92 Å². The maximum Gasteiger partial charge on any atom is 0.194 e. The van der Waals surface area contributed by atoms with Gasteiger partial charge in [-0.05, 0) is 40.6 Å². The fraction of sp³-hybridized carbons (Fsp3) is 0.500. The molecular weight excluding hydrogens is 340 g/mol. The monoisotopic (exact) mass is 372 g/mol. The van der Waals surface area contributed by atoms with E-state index in [1.165, 1.54) is 0 Å². The van der Waals surface area contributed by atoms with Crippen molar-refractivity contribution < 1.29 is 14.7 Å². The van der Waals surface area contributed by atoms with E-state index in [0.29, 0.717) is 24.5 Å². The molecule has 0 aromatic heterocycles. The molecule has 1 unspecified atom stereocenters. The summed E-state index contributed by atoms with van der Waals surface area (Å²) in [6.07, 6.45) is 1.76. The number of rotatable bonds is 8.